The predicted molar refractivity (Wildman–Crippen MR) is 93.8 cm³/mol. The van der Waals surface area contributed by atoms with Crippen molar-refractivity contribution in [3.05, 3.63) is 48.0 Å². The Labute approximate surface area is 143 Å². The molecule has 0 radical (unpaired) electrons. The maximum atomic E-state index is 10.6. The van der Waals surface area contributed by atoms with Crippen LogP contribution in [-0.2, 0) is 13.6 Å². The Morgan fingerprint density at radius 2 is 2.04 bits per heavy atom. The third-order valence-corrected chi connectivity index (χ3v) is 4.87. The number of piperidine rings is 1. The molecule has 0 aliphatic carbocycles. The van der Waals surface area contributed by atoms with Crippen LogP contribution in [0.2, 0.25) is 0 Å². The van der Waals surface area contributed by atoms with E-state index in [1.165, 1.54) is 5.56 Å². The topological polar surface area (TPSA) is 50.5 Å². The number of hydrogen-bond acceptors (Lipinski definition) is 4. The second-order valence-electron chi connectivity index (χ2n) is 6.50. The molecule has 1 aromatic heterocycles. The number of nitrogens with zero attached hydrogens (tertiary/aromatic N) is 3. The molecule has 1 aliphatic rings. The highest BCUT2D eigenvalue weighted by atomic mass is 16.5. The average Bonchev–Trinajstić information content (AvgIpc) is 3.03. The van der Waals surface area contributed by atoms with Crippen LogP contribution in [0, 0.1) is 5.92 Å². The van der Waals surface area contributed by atoms with Gasteiger partial charge in [-0.2, -0.15) is 0 Å². The first-order chi connectivity index (χ1) is 11.7. The van der Waals surface area contributed by atoms with E-state index in [2.05, 4.69) is 22.0 Å². The maximum absolute atomic E-state index is 10.6. The van der Waals surface area contributed by atoms with Gasteiger partial charge in [0.15, 0.2) is 0 Å². The van der Waals surface area contributed by atoms with E-state index in [1.807, 2.05) is 36.9 Å². The fourth-order valence-electron chi connectivity index (χ4n) is 3.47. The van der Waals surface area contributed by atoms with E-state index in [4.69, 9.17) is 4.74 Å². The number of para-hydroxylation sites is 1. The van der Waals surface area contributed by atoms with Crippen molar-refractivity contribution in [2.75, 3.05) is 19.7 Å². The van der Waals surface area contributed by atoms with Gasteiger partial charge in [0.2, 0.25) is 0 Å². The minimum absolute atomic E-state index is 0.282. The summed E-state index contributed by atoms with van der Waals surface area (Å²) < 4.78 is 7.63. The first kappa shape index (κ1) is 17.0. The van der Waals surface area contributed by atoms with Crippen LogP contribution >= 0.6 is 0 Å². The van der Waals surface area contributed by atoms with Gasteiger partial charge in [0.05, 0.1) is 6.61 Å². The Morgan fingerprint density at radius 3 is 2.71 bits per heavy atom. The summed E-state index contributed by atoms with van der Waals surface area (Å²) in [6.45, 7) is 5.59. The van der Waals surface area contributed by atoms with Crippen molar-refractivity contribution < 1.29 is 9.84 Å². The summed E-state index contributed by atoms with van der Waals surface area (Å²) in [5, 5.41) is 10.6. The Hall–Kier alpha value is -1.85. The standard InChI is InChI=1S/C19H27N3O2/c1-3-24-17-7-5-4-6-16(17)14-22-11-8-15(9-12-22)18(23)19-20-10-13-21(19)2/h4-7,10,13,15,18,23H,3,8-9,11-12,14H2,1-2H3. The maximum Gasteiger partial charge on any atom is 0.137 e. The number of rotatable bonds is 6. The van der Waals surface area contributed by atoms with Gasteiger partial charge in [-0.15, -0.1) is 0 Å². The lowest BCUT2D eigenvalue weighted by Gasteiger charge is -2.34. The number of ether oxygens (including phenoxy) is 1. The molecule has 1 aliphatic heterocycles. The molecule has 1 aromatic carbocycles. The van der Waals surface area contributed by atoms with Crippen LogP contribution < -0.4 is 4.74 Å². The van der Waals surface area contributed by atoms with Crippen molar-refractivity contribution in [2.45, 2.75) is 32.4 Å². The number of imidazole rings is 1. The molecular weight excluding hydrogens is 302 g/mol. The molecule has 24 heavy (non-hydrogen) atoms. The number of aliphatic hydroxyl groups is 1. The summed E-state index contributed by atoms with van der Waals surface area (Å²) in [6, 6.07) is 8.26. The second kappa shape index (κ2) is 7.81. The van der Waals surface area contributed by atoms with E-state index in [9.17, 15) is 5.11 Å². The van der Waals surface area contributed by atoms with Crippen molar-refractivity contribution in [2.24, 2.45) is 13.0 Å². The molecular formula is C19H27N3O2. The zero-order chi connectivity index (χ0) is 16.9. The van der Waals surface area contributed by atoms with Gasteiger partial charge in [0, 0.05) is 31.5 Å². The van der Waals surface area contributed by atoms with E-state index >= 15 is 0 Å². The molecule has 0 spiro atoms. The van der Waals surface area contributed by atoms with E-state index in [-0.39, 0.29) is 5.92 Å². The SMILES string of the molecule is CCOc1ccccc1CN1CCC(C(O)c2nccn2C)CC1. The molecule has 1 fully saturated rings. The Kier molecular flexibility index (Phi) is 5.53. The van der Waals surface area contributed by atoms with E-state index in [0.717, 1.165) is 44.0 Å². The Balaban J connectivity index is 1.57. The van der Waals surface area contributed by atoms with Gasteiger partial charge >= 0.3 is 0 Å². The van der Waals surface area contributed by atoms with Gasteiger partial charge < -0.3 is 14.4 Å². The molecule has 0 bridgehead atoms. The van der Waals surface area contributed by atoms with E-state index in [0.29, 0.717) is 6.61 Å². The first-order valence-electron chi connectivity index (χ1n) is 8.77. The quantitative estimate of drug-likeness (QED) is 0.885. The van der Waals surface area contributed by atoms with Crippen LogP contribution in [-0.4, -0.2) is 39.3 Å². The largest absolute Gasteiger partial charge is 0.494 e. The number of hydrogen-bond donors (Lipinski definition) is 1. The number of aliphatic hydroxyl groups excluding tert-OH is 1. The van der Waals surface area contributed by atoms with E-state index in [1.54, 1.807) is 6.20 Å². The average molecular weight is 329 g/mol. The highest BCUT2D eigenvalue weighted by Crippen LogP contribution is 2.31. The molecule has 2 aromatic rings. The molecule has 5 nitrogen and oxygen atoms in total. The van der Waals surface area contributed by atoms with Gasteiger partial charge in [-0.05, 0) is 44.8 Å². The third kappa shape index (κ3) is 3.79. The van der Waals surface area contributed by atoms with Crippen LogP contribution in [0.5, 0.6) is 5.75 Å². The molecule has 0 amide bonds. The third-order valence-electron chi connectivity index (χ3n) is 4.87. The van der Waals surface area contributed by atoms with Crippen LogP contribution in [0.4, 0.5) is 0 Å². The number of likely N-dealkylation sites (tertiary alicyclic amines) is 1. The number of benzene rings is 1. The van der Waals surface area contributed by atoms with Gasteiger partial charge in [-0.3, -0.25) is 4.90 Å². The van der Waals surface area contributed by atoms with Crippen molar-refractivity contribution in [1.82, 2.24) is 14.5 Å². The summed E-state index contributed by atoms with van der Waals surface area (Å²) >= 11 is 0. The molecule has 1 atom stereocenters. The molecule has 5 heteroatoms. The van der Waals surface area contributed by atoms with Gasteiger partial charge in [0.25, 0.3) is 0 Å². The molecule has 1 saturated heterocycles. The fraction of sp³-hybridized carbons (Fsp3) is 0.526. The molecule has 1 N–H and O–H groups in total. The van der Waals surface area contributed by atoms with Crippen LogP contribution in [0.3, 0.4) is 0 Å². The molecule has 0 saturated carbocycles. The van der Waals surface area contributed by atoms with Crippen molar-refractivity contribution in [1.29, 1.82) is 0 Å². The van der Waals surface area contributed by atoms with Crippen LogP contribution in [0.25, 0.3) is 0 Å². The number of aromatic nitrogens is 2. The summed E-state index contributed by atoms with van der Waals surface area (Å²) in [6.07, 6.45) is 5.15. The molecule has 3 rings (SSSR count). The van der Waals surface area contributed by atoms with Crippen LogP contribution in [0.15, 0.2) is 36.7 Å². The van der Waals surface area contributed by atoms with Gasteiger partial charge in [-0.1, -0.05) is 18.2 Å². The predicted octanol–water partition coefficient (Wildman–Crippen LogP) is 2.76. The Bertz CT molecular complexity index is 648. The molecule has 2 heterocycles. The van der Waals surface area contributed by atoms with Gasteiger partial charge in [-0.25, -0.2) is 4.98 Å². The Morgan fingerprint density at radius 1 is 1.29 bits per heavy atom. The van der Waals surface area contributed by atoms with Crippen molar-refractivity contribution in [3.63, 3.8) is 0 Å². The van der Waals surface area contributed by atoms with Gasteiger partial charge in [0.1, 0.15) is 17.7 Å². The van der Waals surface area contributed by atoms with Crippen molar-refractivity contribution >= 4 is 0 Å². The lowest BCUT2D eigenvalue weighted by molar-refractivity contribution is 0.0490. The molecule has 1 unspecified atom stereocenters. The van der Waals surface area contributed by atoms with E-state index < -0.39 is 6.10 Å². The highest BCUT2D eigenvalue weighted by Gasteiger charge is 2.28. The summed E-state index contributed by atoms with van der Waals surface area (Å²) in [5.74, 6) is 2.04. The first-order valence-corrected chi connectivity index (χ1v) is 8.77. The lowest BCUT2D eigenvalue weighted by atomic mass is 9.90. The van der Waals surface area contributed by atoms with Crippen molar-refractivity contribution in [3.8, 4) is 5.75 Å². The minimum Gasteiger partial charge on any atom is -0.494 e. The fourth-order valence-corrected chi connectivity index (χ4v) is 3.47. The summed E-state index contributed by atoms with van der Waals surface area (Å²) in [5.41, 5.74) is 1.24. The monoisotopic (exact) mass is 329 g/mol. The lowest BCUT2D eigenvalue weighted by Crippen LogP contribution is -2.35. The summed E-state index contributed by atoms with van der Waals surface area (Å²) in [7, 11) is 1.94. The highest BCUT2D eigenvalue weighted by molar-refractivity contribution is 5.33. The smallest absolute Gasteiger partial charge is 0.137 e. The normalized spacial score (nSPS) is 17.8. The molecule has 130 valence electrons. The second-order valence-corrected chi connectivity index (χ2v) is 6.50. The zero-order valence-electron chi connectivity index (χ0n) is 14.6. The minimum atomic E-state index is -0.470. The zero-order valence-corrected chi connectivity index (χ0v) is 14.6. The number of aryl methyl sites for hydroxylation is 1. The summed E-state index contributed by atoms with van der Waals surface area (Å²) in [4.78, 5) is 6.74. The van der Waals surface area contributed by atoms with Crippen LogP contribution in [0.1, 0.15) is 37.3 Å².